The number of ether oxygens (including phenoxy) is 2. The van der Waals surface area contributed by atoms with Gasteiger partial charge in [-0.05, 0) is 34.6 Å². The number of likely N-dealkylation sites (tertiary alicyclic amines) is 1. The Hall–Kier alpha value is -3.39. The Bertz CT molecular complexity index is 1000. The minimum absolute atomic E-state index is 0.00746. The Balaban J connectivity index is 1.21. The van der Waals surface area contributed by atoms with Crippen LogP contribution in [-0.2, 0) is 19.1 Å². The van der Waals surface area contributed by atoms with E-state index in [0.29, 0.717) is 25.9 Å². The third kappa shape index (κ3) is 5.22. The van der Waals surface area contributed by atoms with Crippen molar-refractivity contribution >= 4 is 18.0 Å². The first-order valence-corrected chi connectivity index (χ1v) is 11.6. The molecule has 1 fully saturated rings. The molecule has 0 radical (unpaired) electrons. The Morgan fingerprint density at radius 1 is 1.06 bits per heavy atom. The van der Waals surface area contributed by atoms with Crippen molar-refractivity contribution in [1.29, 1.82) is 0 Å². The van der Waals surface area contributed by atoms with Crippen LogP contribution < -0.4 is 5.32 Å². The summed E-state index contributed by atoms with van der Waals surface area (Å²) in [4.78, 5) is 37.3. The van der Waals surface area contributed by atoms with Crippen LogP contribution in [0.4, 0.5) is 4.79 Å². The SMILES string of the molecule is COC(CCNC(=O)OCC1c2ccccc2-c2ccccc21)C(=O)N1CC(CCC(=O)O)C1. The van der Waals surface area contributed by atoms with Crippen molar-refractivity contribution < 1.29 is 29.0 Å². The fraction of sp³-hybridized carbons (Fsp3) is 0.423. The zero-order valence-electron chi connectivity index (χ0n) is 19.2. The summed E-state index contributed by atoms with van der Waals surface area (Å²) >= 11 is 0. The molecule has 1 heterocycles. The lowest BCUT2D eigenvalue weighted by molar-refractivity contribution is -0.149. The van der Waals surface area contributed by atoms with E-state index in [9.17, 15) is 14.4 Å². The van der Waals surface area contributed by atoms with Crippen molar-refractivity contribution in [3.63, 3.8) is 0 Å². The van der Waals surface area contributed by atoms with E-state index in [1.807, 2.05) is 24.3 Å². The zero-order chi connectivity index (χ0) is 24.1. The molecule has 2 aromatic carbocycles. The van der Waals surface area contributed by atoms with E-state index in [-0.39, 0.29) is 37.3 Å². The van der Waals surface area contributed by atoms with Gasteiger partial charge in [-0.15, -0.1) is 0 Å². The molecule has 2 aliphatic rings. The molecule has 1 aliphatic carbocycles. The van der Waals surface area contributed by atoms with Gasteiger partial charge >= 0.3 is 12.1 Å². The lowest BCUT2D eigenvalue weighted by atomic mass is 9.94. The maximum Gasteiger partial charge on any atom is 0.407 e. The van der Waals surface area contributed by atoms with Crippen LogP contribution in [0.3, 0.4) is 0 Å². The lowest BCUT2D eigenvalue weighted by Gasteiger charge is -2.40. The van der Waals surface area contributed by atoms with Gasteiger partial charge < -0.3 is 24.8 Å². The van der Waals surface area contributed by atoms with Crippen molar-refractivity contribution in [2.24, 2.45) is 5.92 Å². The van der Waals surface area contributed by atoms with Crippen molar-refractivity contribution in [3.05, 3.63) is 59.7 Å². The van der Waals surface area contributed by atoms with Gasteiger partial charge in [0.25, 0.3) is 5.91 Å². The van der Waals surface area contributed by atoms with E-state index >= 15 is 0 Å². The zero-order valence-corrected chi connectivity index (χ0v) is 19.2. The minimum atomic E-state index is -0.821. The molecule has 180 valence electrons. The summed E-state index contributed by atoms with van der Waals surface area (Å²) in [6.45, 7) is 1.58. The largest absolute Gasteiger partial charge is 0.481 e. The van der Waals surface area contributed by atoms with Crippen LogP contribution in [0.1, 0.15) is 36.3 Å². The van der Waals surface area contributed by atoms with Crippen molar-refractivity contribution in [2.75, 3.05) is 33.4 Å². The number of carboxylic acids is 1. The normalized spacial score (nSPS) is 15.7. The van der Waals surface area contributed by atoms with Gasteiger partial charge in [0.15, 0.2) is 0 Å². The maximum absolute atomic E-state index is 12.6. The number of rotatable bonds is 10. The topological polar surface area (TPSA) is 105 Å². The highest BCUT2D eigenvalue weighted by molar-refractivity contribution is 5.82. The molecule has 1 aliphatic heterocycles. The van der Waals surface area contributed by atoms with Crippen molar-refractivity contribution in [1.82, 2.24) is 10.2 Å². The van der Waals surface area contributed by atoms with Gasteiger partial charge in [-0.25, -0.2) is 4.79 Å². The lowest BCUT2D eigenvalue weighted by Crippen LogP contribution is -2.54. The second-order valence-electron chi connectivity index (χ2n) is 8.81. The molecule has 0 spiro atoms. The molecule has 8 nitrogen and oxygen atoms in total. The predicted octanol–water partition coefficient (Wildman–Crippen LogP) is 3.25. The smallest absolute Gasteiger partial charge is 0.407 e. The van der Waals surface area contributed by atoms with Crippen LogP contribution in [0.15, 0.2) is 48.5 Å². The number of carboxylic acid groups (broad SMARTS) is 1. The third-order valence-electron chi connectivity index (χ3n) is 6.61. The second-order valence-corrected chi connectivity index (χ2v) is 8.81. The molecule has 1 unspecified atom stereocenters. The number of amides is 2. The molecule has 0 aromatic heterocycles. The number of benzene rings is 2. The monoisotopic (exact) mass is 466 g/mol. The fourth-order valence-electron chi connectivity index (χ4n) is 4.76. The van der Waals surface area contributed by atoms with Gasteiger partial charge in [-0.1, -0.05) is 48.5 Å². The highest BCUT2D eigenvalue weighted by atomic mass is 16.5. The number of nitrogens with one attached hydrogen (secondary N) is 1. The molecule has 2 aromatic rings. The van der Waals surface area contributed by atoms with Gasteiger partial charge in [0.2, 0.25) is 0 Å². The van der Waals surface area contributed by atoms with Gasteiger partial charge in [-0.3, -0.25) is 9.59 Å². The summed E-state index contributed by atoms with van der Waals surface area (Å²) in [5.74, 6) is -0.745. The maximum atomic E-state index is 12.6. The van der Waals surface area contributed by atoms with Crippen molar-refractivity contribution in [2.45, 2.75) is 31.3 Å². The number of carbonyl (C=O) groups excluding carboxylic acids is 2. The number of hydrogen-bond donors (Lipinski definition) is 2. The molecular formula is C26H30N2O6. The van der Waals surface area contributed by atoms with E-state index < -0.39 is 18.2 Å². The fourth-order valence-corrected chi connectivity index (χ4v) is 4.76. The summed E-state index contributed by atoms with van der Waals surface area (Å²) in [7, 11) is 1.47. The average Bonchev–Trinajstić information content (AvgIpc) is 3.13. The van der Waals surface area contributed by atoms with E-state index in [0.717, 1.165) is 11.1 Å². The van der Waals surface area contributed by atoms with Crippen LogP contribution in [0.25, 0.3) is 11.1 Å². The molecule has 4 rings (SSSR count). The summed E-state index contributed by atoms with van der Waals surface area (Å²) in [5, 5.41) is 11.5. The molecule has 2 amide bonds. The standard InChI is InChI=1S/C26H30N2O6/c1-33-23(25(31)28-14-17(15-28)10-11-24(29)30)12-13-27-26(32)34-16-22-20-8-4-2-6-18(20)19-7-3-5-9-21(19)22/h2-9,17,22-23H,10-16H2,1H3,(H,27,32)(H,29,30). The molecular weight excluding hydrogens is 436 g/mol. The Morgan fingerprint density at radius 3 is 2.26 bits per heavy atom. The van der Waals surface area contributed by atoms with Crippen LogP contribution in [0.5, 0.6) is 0 Å². The van der Waals surface area contributed by atoms with Crippen LogP contribution >= 0.6 is 0 Å². The molecule has 2 N–H and O–H groups in total. The van der Waals surface area contributed by atoms with Gasteiger partial charge in [0, 0.05) is 45.5 Å². The highest BCUT2D eigenvalue weighted by Gasteiger charge is 2.34. The Morgan fingerprint density at radius 2 is 1.68 bits per heavy atom. The highest BCUT2D eigenvalue weighted by Crippen LogP contribution is 2.44. The number of aliphatic carboxylic acids is 1. The number of hydrogen-bond acceptors (Lipinski definition) is 5. The Kier molecular flexibility index (Phi) is 7.47. The summed E-state index contributed by atoms with van der Waals surface area (Å²) in [6, 6.07) is 16.3. The second kappa shape index (κ2) is 10.7. The molecule has 1 saturated heterocycles. The van der Waals surface area contributed by atoms with Gasteiger partial charge in [-0.2, -0.15) is 0 Å². The quantitative estimate of drug-likeness (QED) is 0.557. The van der Waals surface area contributed by atoms with Crippen LogP contribution in [-0.4, -0.2) is 67.4 Å². The van der Waals surface area contributed by atoms with E-state index in [2.05, 4.69) is 29.6 Å². The predicted molar refractivity (Wildman–Crippen MR) is 125 cm³/mol. The first-order valence-electron chi connectivity index (χ1n) is 11.6. The molecule has 0 bridgehead atoms. The average molecular weight is 467 g/mol. The molecule has 0 saturated carbocycles. The molecule has 8 heteroatoms. The number of alkyl carbamates (subject to hydrolysis) is 1. The summed E-state index contributed by atoms with van der Waals surface area (Å²) in [6.07, 6.45) is -0.170. The summed E-state index contributed by atoms with van der Waals surface area (Å²) in [5.41, 5.74) is 4.64. The first kappa shape index (κ1) is 23.8. The number of carbonyl (C=O) groups is 3. The van der Waals surface area contributed by atoms with Crippen LogP contribution in [0, 0.1) is 5.92 Å². The van der Waals surface area contributed by atoms with Gasteiger partial charge in [0.1, 0.15) is 12.7 Å². The number of methoxy groups -OCH3 is 1. The van der Waals surface area contributed by atoms with E-state index in [1.54, 1.807) is 4.90 Å². The molecule has 34 heavy (non-hydrogen) atoms. The van der Waals surface area contributed by atoms with E-state index in [4.69, 9.17) is 14.6 Å². The Labute approximate surface area is 198 Å². The minimum Gasteiger partial charge on any atom is -0.481 e. The van der Waals surface area contributed by atoms with E-state index in [1.165, 1.54) is 18.2 Å². The van der Waals surface area contributed by atoms with Crippen LogP contribution in [0.2, 0.25) is 0 Å². The third-order valence-corrected chi connectivity index (χ3v) is 6.61. The number of fused-ring (bicyclic) bond motifs is 3. The summed E-state index contributed by atoms with van der Waals surface area (Å²) < 4.78 is 10.8. The number of nitrogens with zero attached hydrogens (tertiary/aromatic N) is 1. The van der Waals surface area contributed by atoms with Crippen molar-refractivity contribution in [3.8, 4) is 11.1 Å². The first-order chi connectivity index (χ1) is 16.5. The molecule has 1 atom stereocenters. The van der Waals surface area contributed by atoms with Gasteiger partial charge in [0.05, 0.1) is 0 Å².